The number of guanidine groups is 1. The Morgan fingerprint density at radius 1 is 0.870 bits per heavy atom. The van der Waals surface area contributed by atoms with Gasteiger partial charge in [-0.3, -0.25) is 4.99 Å². The van der Waals surface area contributed by atoms with Crippen molar-refractivity contribution in [2.75, 3.05) is 18.1 Å². The summed E-state index contributed by atoms with van der Waals surface area (Å²) in [7, 11) is 0. The summed E-state index contributed by atoms with van der Waals surface area (Å²) in [5, 5.41) is 2.80. The molecular formula is C17H36N4S2. The third kappa shape index (κ3) is 19.5. The molecule has 0 bridgehead atoms. The number of rotatable bonds is 15. The molecule has 4 nitrogen and oxygen atoms in total. The molecule has 0 aliphatic carbocycles. The average molecular weight is 361 g/mol. The average Bonchev–Trinajstić information content (AvgIpc) is 2.50. The summed E-state index contributed by atoms with van der Waals surface area (Å²) < 4.78 is 0. The standard InChI is InChI=1S/C17H36N4S2/c1-2-3-4-5-6-8-11-14-23-15-12-9-7-10-13-20-16(18)21-17(19)22/h2-15H2,1H3,(H5,18,19,20,21,22). The van der Waals surface area contributed by atoms with E-state index in [1.165, 1.54) is 75.7 Å². The van der Waals surface area contributed by atoms with Gasteiger partial charge in [0, 0.05) is 6.54 Å². The third-order valence-electron chi connectivity index (χ3n) is 3.62. The number of nitrogens with two attached hydrogens (primary N) is 2. The van der Waals surface area contributed by atoms with E-state index in [1.807, 2.05) is 0 Å². The molecule has 136 valence electrons. The molecule has 0 aliphatic heterocycles. The van der Waals surface area contributed by atoms with Crippen LogP contribution < -0.4 is 16.8 Å². The summed E-state index contributed by atoms with van der Waals surface area (Å²) in [5.74, 6) is 2.95. The molecule has 0 aromatic rings. The molecule has 0 fully saturated rings. The Balaban J connectivity index is 3.15. The zero-order valence-corrected chi connectivity index (χ0v) is 16.5. The first-order chi connectivity index (χ1) is 11.2. The SMILES string of the molecule is CCCCCCCCCSCCCCCCN=C(N)NC(N)=S. The van der Waals surface area contributed by atoms with Crippen molar-refractivity contribution in [2.45, 2.75) is 77.6 Å². The van der Waals surface area contributed by atoms with E-state index in [-0.39, 0.29) is 5.11 Å². The van der Waals surface area contributed by atoms with Crippen molar-refractivity contribution >= 4 is 35.1 Å². The summed E-state index contributed by atoms with van der Waals surface area (Å²) in [6.45, 7) is 3.01. The minimum Gasteiger partial charge on any atom is -0.376 e. The zero-order chi connectivity index (χ0) is 17.2. The molecule has 6 heteroatoms. The summed E-state index contributed by atoms with van der Waals surface area (Å²) in [6, 6.07) is 0. The lowest BCUT2D eigenvalue weighted by atomic mass is 10.1. The van der Waals surface area contributed by atoms with Crippen LogP contribution in [0.25, 0.3) is 0 Å². The highest BCUT2D eigenvalue weighted by Crippen LogP contribution is 2.12. The van der Waals surface area contributed by atoms with Gasteiger partial charge >= 0.3 is 0 Å². The van der Waals surface area contributed by atoms with Gasteiger partial charge in [-0.2, -0.15) is 11.8 Å². The van der Waals surface area contributed by atoms with E-state index >= 15 is 0 Å². The molecule has 0 spiro atoms. The van der Waals surface area contributed by atoms with Gasteiger partial charge in [0.25, 0.3) is 0 Å². The van der Waals surface area contributed by atoms with Gasteiger partial charge in [0.05, 0.1) is 0 Å². The highest BCUT2D eigenvalue weighted by Gasteiger charge is 1.95. The molecule has 0 saturated carbocycles. The zero-order valence-electron chi connectivity index (χ0n) is 14.8. The van der Waals surface area contributed by atoms with Crippen molar-refractivity contribution in [2.24, 2.45) is 16.5 Å². The minimum absolute atomic E-state index is 0.171. The van der Waals surface area contributed by atoms with Crippen molar-refractivity contribution in [3.05, 3.63) is 0 Å². The molecule has 0 aliphatic rings. The van der Waals surface area contributed by atoms with Crippen LogP contribution >= 0.6 is 24.0 Å². The molecule has 0 amide bonds. The van der Waals surface area contributed by atoms with Crippen molar-refractivity contribution in [1.29, 1.82) is 0 Å². The summed E-state index contributed by atoms with van der Waals surface area (Å²) in [4.78, 5) is 4.17. The number of unbranched alkanes of at least 4 members (excludes halogenated alkanes) is 9. The summed E-state index contributed by atoms with van der Waals surface area (Å²) >= 11 is 6.80. The molecule has 0 aromatic carbocycles. The van der Waals surface area contributed by atoms with E-state index in [1.54, 1.807) is 0 Å². The first-order valence-corrected chi connectivity index (χ1v) is 10.7. The number of thiocarbonyl (C=S) groups is 1. The van der Waals surface area contributed by atoms with Crippen molar-refractivity contribution in [1.82, 2.24) is 5.32 Å². The molecule has 0 unspecified atom stereocenters. The first kappa shape index (κ1) is 22.5. The number of thioether (sulfide) groups is 1. The number of nitrogens with zero attached hydrogens (tertiary/aromatic N) is 1. The van der Waals surface area contributed by atoms with Gasteiger partial charge in [-0.15, -0.1) is 0 Å². The van der Waals surface area contributed by atoms with Crippen LogP contribution in [0.3, 0.4) is 0 Å². The fourth-order valence-electron chi connectivity index (χ4n) is 2.30. The van der Waals surface area contributed by atoms with Crippen molar-refractivity contribution in [3.63, 3.8) is 0 Å². The second-order valence-electron chi connectivity index (χ2n) is 5.90. The smallest absolute Gasteiger partial charge is 0.194 e. The lowest BCUT2D eigenvalue weighted by Gasteiger charge is -2.03. The molecule has 0 rings (SSSR count). The van der Waals surface area contributed by atoms with Crippen molar-refractivity contribution < 1.29 is 0 Å². The van der Waals surface area contributed by atoms with Crippen LogP contribution in [-0.4, -0.2) is 29.1 Å². The van der Waals surface area contributed by atoms with Crippen molar-refractivity contribution in [3.8, 4) is 0 Å². The van der Waals surface area contributed by atoms with Crippen LogP contribution in [0.15, 0.2) is 4.99 Å². The fourth-order valence-corrected chi connectivity index (χ4v) is 3.42. The van der Waals surface area contributed by atoms with E-state index in [4.69, 9.17) is 11.5 Å². The third-order valence-corrected chi connectivity index (χ3v) is 4.88. The molecule has 0 saturated heterocycles. The van der Waals surface area contributed by atoms with Crippen LogP contribution in [-0.2, 0) is 0 Å². The monoisotopic (exact) mass is 360 g/mol. The molecule has 5 N–H and O–H groups in total. The lowest BCUT2D eigenvalue weighted by Crippen LogP contribution is -2.40. The van der Waals surface area contributed by atoms with Gasteiger partial charge < -0.3 is 16.8 Å². The molecular weight excluding hydrogens is 324 g/mol. The first-order valence-electron chi connectivity index (χ1n) is 9.11. The molecule has 23 heavy (non-hydrogen) atoms. The van der Waals surface area contributed by atoms with Gasteiger partial charge in [-0.05, 0) is 43.0 Å². The quantitative estimate of drug-likeness (QED) is 0.177. The van der Waals surface area contributed by atoms with Gasteiger partial charge in [-0.25, -0.2) is 0 Å². The number of hydrogen-bond donors (Lipinski definition) is 3. The van der Waals surface area contributed by atoms with E-state index < -0.39 is 0 Å². The van der Waals surface area contributed by atoms with E-state index in [0.29, 0.717) is 5.96 Å². The normalized spacial score (nSPS) is 11.6. The van der Waals surface area contributed by atoms with Crippen LogP contribution in [0.4, 0.5) is 0 Å². The van der Waals surface area contributed by atoms with Gasteiger partial charge in [-0.1, -0.05) is 58.3 Å². The largest absolute Gasteiger partial charge is 0.376 e. The Hall–Kier alpha value is -0.490. The van der Waals surface area contributed by atoms with Gasteiger partial charge in [0.1, 0.15) is 0 Å². The lowest BCUT2D eigenvalue weighted by molar-refractivity contribution is 0.603. The second kappa shape index (κ2) is 17.9. The summed E-state index contributed by atoms with van der Waals surface area (Å²) in [6.07, 6.45) is 14.7. The molecule has 0 atom stereocenters. The van der Waals surface area contributed by atoms with Crippen LogP contribution in [0.5, 0.6) is 0 Å². The Labute approximate surface area is 152 Å². The topological polar surface area (TPSA) is 76.4 Å². The molecule has 0 radical (unpaired) electrons. The second-order valence-corrected chi connectivity index (χ2v) is 7.57. The van der Waals surface area contributed by atoms with Gasteiger partial charge in [0.2, 0.25) is 0 Å². The highest BCUT2D eigenvalue weighted by atomic mass is 32.2. The van der Waals surface area contributed by atoms with E-state index in [9.17, 15) is 0 Å². The Kier molecular flexibility index (Phi) is 17.5. The fraction of sp³-hybridized carbons (Fsp3) is 0.882. The summed E-state index contributed by atoms with van der Waals surface area (Å²) in [5.41, 5.74) is 10.9. The number of aliphatic imine (C=N–C) groups is 1. The maximum atomic E-state index is 5.60. The van der Waals surface area contributed by atoms with E-state index in [2.05, 4.69) is 41.2 Å². The number of nitrogens with one attached hydrogen (secondary N) is 1. The Morgan fingerprint density at radius 3 is 1.96 bits per heavy atom. The molecule has 0 aromatic heterocycles. The maximum Gasteiger partial charge on any atom is 0.194 e. The van der Waals surface area contributed by atoms with Gasteiger partial charge in [0.15, 0.2) is 11.1 Å². The van der Waals surface area contributed by atoms with Crippen LogP contribution in [0.2, 0.25) is 0 Å². The predicted molar refractivity (Wildman–Crippen MR) is 110 cm³/mol. The highest BCUT2D eigenvalue weighted by molar-refractivity contribution is 7.99. The van der Waals surface area contributed by atoms with Crippen LogP contribution in [0.1, 0.15) is 77.6 Å². The predicted octanol–water partition coefficient (Wildman–Crippen LogP) is 4.18. The Morgan fingerprint density at radius 2 is 1.39 bits per heavy atom. The number of hydrogen-bond acceptors (Lipinski definition) is 3. The Bertz CT molecular complexity index is 309. The minimum atomic E-state index is 0.171. The van der Waals surface area contributed by atoms with E-state index in [0.717, 1.165) is 13.0 Å². The molecule has 0 heterocycles. The maximum absolute atomic E-state index is 5.60. The van der Waals surface area contributed by atoms with Crippen LogP contribution in [0, 0.1) is 0 Å².